The van der Waals surface area contributed by atoms with Crippen LogP contribution in [0.25, 0.3) is 5.69 Å². The summed E-state index contributed by atoms with van der Waals surface area (Å²) in [7, 11) is 2.88. The molecule has 6 heteroatoms. The number of esters is 1. The Hall–Kier alpha value is -2.50. The predicted molar refractivity (Wildman–Crippen MR) is 68.7 cm³/mol. The first-order valence-electron chi connectivity index (χ1n) is 5.66. The van der Waals surface area contributed by atoms with Gasteiger partial charge in [0.2, 0.25) is 0 Å². The molecule has 0 amide bonds. The summed E-state index contributed by atoms with van der Waals surface area (Å²) in [5.74, 6) is 0.307. The lowest BCUT2D eigenvalue weighted by Gasteiger charge is -2.03. The fraction of sp³-hybridized carbons (Fsp3) is 0.231. The second-order valence-electron chi connectivity index (χ2n) is 3.91. The van der Waals surface area contributed by atoms with Gasteiger partial charge in [-0.25, -0.2) is 4.68 Å². The van der Waals surface area contributed by atoms with Crippen molar-refractivity contribution < 1.29 is 14.3 Å². The summed E-state index contributed by atoms with van der Waals surface area (Å²) in [5.41, 5.74) is 0.943. The number of rotatable bonds is 4. The lowest BCUT2D eigenvalue weighted by Crippen LogP contribution is -2.13. The summed E-state index contributed by atoms with van der Waals surface area (Å²) in [5, 5.41) is 2.86. The zero-order chi connectivity index (χ0) is 13.8. The molecule has 0 fully saturated rings. The van der Waals surface area contributed by atoms with Gasteiger partial charge in [0.15, 0.2) is 0 Å². The highest BCUT2D eigenvalue weighted by Crippen LogP contribution is 2.13. The van der Waals surface area contributed by atoms with Gasteiger partial charge in [-0.2, -0.15) is 0 Å². The average Bonchev–Trinajstić information content (AvgIpc) is 2.79. The zero-order valence-corrected chi connectivity index (χ0v) is 10.7. The highest BCUT2D eigenvalue weighted by atomic mass is 16.5. The SMILES string of the molecule is COC(=O)Cc1cc(=O)n(-c2ccc(OC)cc2)[nH]1. The fourth-order valence-electron chi connectivity index (χ4n) is 1.69. The van der Waals surface area contributed by atoms with Gasteiger partial charge in [-0.1, -0.05) is 0 Å². The Morgan fingerprint density at radius 3 is 2.53 bits per heavy atom. The molecule has 0 spiro atoms. The topological polar surface area (TPSA) is 73.3 Å². The van der Waals surface area contributed by atoms with Crippen LogP contribution >= 0.6 is 0 Å². The maximum absolute atomic E-state index is 11.8. The first-order valence-corrected chi connectivity index (χ1v) is 5.66. The quantitative estimate of drug-likeness (QED) is 0.830. The molecule has 0 aliphatic carbocycles. The largest absolute Gasteiger partial charge is 0.497 e. The van der Waals surface area contributed by atoms with Crippen molar-refractivity contribution in [3.8, 4) is 11.4 Å². The van der Waals surface area contributed by atoms with Crippen molar-refractivity contribution in [1.82, 2.24) is 9.78 Å². The normalized spacial score (nSPS) is 10.2. The number of nitrogens with one attached hydrogen (secondary N) is 1. The minimum absolute atomic E-state index is 0.0366. The molecule has 0 atom stereocenters. The monoisotopic (exact) mass is 262 g/mol. The first kappa shape index (κ1) is 12.9. The second-order valence-corrected chi connectivity index (χ2v) is 3.91. The molecule has 100 valence electrons. The molecular weight excluding hydrogens is 248 g/mol. The Labute approximate surface area is 109 Å². The van der Waals surface area contributed by atoms with Gasteiger partial charge in [-0.3, -0.25) is 14.7 Å². The summed E-state index contributed by atoms with van der Waals surface area (Å²) >= 11 is 0. The summed E-state index contributed by atoms with van der Waals surface area (Å²) < 4.78 is 11.0. The van der Waals surface area contributed by atoms with E-state index in [0.717, 1.165) is 0 Å². The smallest absolute Gasteiger partial charge is 0.311 e. The summed E-state index contributed by atoms with van der Waals surface area (Å²) in [4.78, 5) is 23.0. The minimum atomic E-state index is -0.400. The Kier molecular flexibility index (Phi) is 3.70. The summed E-state index contributed by atoms with van der Waals surface area (Å²) in [6.07, 6.45) is 0.0366. The number of carbonyl (C=O) groups excluding carboxylic acids is 1. The van der Waals surface area contributed by atoms with Crippen LogP contribution in [0.2, 0.25) is 0 Å². The van der Waals surface area contributed by atoms with Crippen LogP contribution in [0.4, 0.5) is 0 Å². The Balaban J connectivity index is 2.29. The van der Waals surface area contributed by atoms with Crippen molar-refractivity contribution in [1.29, 1.82) is 0 Å². The van der Waals surface area contributed by atoms with Gasteiger partial charge in [-0.05, 0) is 24.3 Å². The number of methoxy groups -OCH3 is 2. The molecule has 0 aliphatic rings. The van der Waals surface area contributed by atoms with Crippen molar-refractivity contribution in [3.63, 3.8) is 0 Å². The molecular formula is C13H14N2O4. The molecule has 0 unspecified atom stereocenters. The molecule has 6 nitrogen and oxygen atoms in total. The third-order valence-corrected chi connectivity index (χ3v) is 2.67. The van der Waals surface area contributed by atoms with E-state index in [1.807, 2.05) is 0 Å². The van der Waals surface area contributed by atoms with E-state index >= 15 is 0 Å². The van der Waals surface area contributed by atoms with Crippen LogP contribution in [0.15, 0.2) is 35.1 Å². The van der Waals surface area contributed by atoms with E-state index < -0.39 is 5.97 Å². The van der Waals surface area contributed by atoms with Crippen molar-refractivity contribution in [3.05, 3.63) is 46.4 Å². The third-order valence-electron chi connectivity index (χ3n) is 2.67. The molecule has 2 aromatic rings. The number of benzene rings is 1. The molecule has 0 saturated carbocycles. The van der Waals surface area contributed by atoms with Crippen molar-refractivity contribution in [2.24, 2.45) is 0 Å². The molecule has 0 saturated heterocycles. The van der Waals surface area contributed by atoms with Crippen molar-refractivity contribution >= 4 is 5.97 Å². The minimum Gasteiger partial charge on any atom is -0.497 e. The van der Waals surface area contributed by atoms with Gasteiger partial charge in [0, 0.05) is 11.8 Å². The van der Waals surface area contributed by atoms with E-state index in [1.165, 1.54) is 17.9 Å². The number of aromatic amines is 1. The molecule has 19 heavy (non-hydrogen) atoms. The fourth-order valence-corrected chi connectivity index (χ4v) is 1.69. The molecule has 1 N–H and O–H groups in total. The number of nitrogens with zero attached hydrogens (tertiary/aromatic N) is 1. The van der Waals surface area contributed by atoms with Crippen LogP contribution in [-0.2, 0) is 16.0 Å². The molecule has 1 aromatic heterocycles. The molecule has 1 aromatic carbocycles. The molecule has 0 bridgehead atoms. The van der Waals surface area contributed by atoms with Gasteiger partial charge in [0.05, 0.1) is 26.3 Å². The number of carbonyl (C=O) groups is 1. The number of hydrogen-bond donors (Lipinski definition) is 1. The highest BCUT2D eigenvalue weighted by Gasteiger charge is 2.09. The number of hydrogen-bond acceptors (Lipinski definition) is 4. The highest BCUT2D eigenvalue weighted by molar-refractivity contribution is 5.71. The molecule has 2 rings (SSSR count). The van der Waals surface area contributed by atoms with Gasteiger partial charge in [-0.15, -0.1) is 0 Å². The molecule has 0 aliphatic heterocycles. The van der Waals surface area contributed by atoms with Crippen LogP contribution in [0, 0.1) is 0 Å². The Morgan fingerprint density at radius 1 is 1.26 bits per heavy atom. The van der Waals surface area contributed by atoms with E-state index in [-0.39, 0.29) is 12.0 Å². The third kappa shape index (κ3) is 2.85. The first-order chi connectivity index (χ1) is 9.13. The number of ether oxygens (including phenoxy) is 2. The van der Waals surface area contributed by atoms with E-state index in [4.69, 9.17) is 4.74 Å². The van der Waals surface area contributed by atoms with Crippen LogP contribution in [0.1, 0.15) is 5.69 Å². The van der Waals surface area contributed by atoms with E-state index in [2.05, 4.69) is 9.84 Å². The van der Waals surface area contributed by atoms with Crippen LogP contribution in [-0.4, -0.2) is 30.0 Å². The van der Waals surface area contributed by atoms with Gasteiger partial charge < -0.3 is 9.47 Å². The summed E-state index contributed by atoms with van der Waals surface area (Å²) in [6, 6.07) is 8.38. The maximum Gasteiger partial charge on any atom is 0.311 e. The van der Waals surface area contributed by atoms with Gasteiger partial charge in [0.25, 0.3) is 5.56 Å². The Morgan fingerprint density at radius 2 is 1.95 bits per heavy atom. The lowest BCUT2D eigenvalue weighted by molar-refractivity contribution is -0.139. The Bertz CT molecular complexity index is 625. The van der Waals surface area contributed by atoms with Crippen LogP contribution in [0.3, 0.4) is 0 Å². The number of H-pyrrole nitrogens is 1. The summed E-state index contributed by atoms with van der Waals surface area (Å²) in [6.45, 7) is 0. The van der Waals surface area contributed by atoms with Crippen LogP contribution in [0.5, 0.6) is 5.75 Å². The molecule has 1 heterocycles. The molecule has 0 radical (unpaired) electrons. The number of aromatic nitrogens is 2. The second kappa shape index (κ2) is 5.43. The zero-order valence-electron chi connectivity index (χ0n) is 10.7. The van der Waals surface area contributed by atoms with Gasteiger partial charge in [0.1, 0.15) is 5.75 Å². The average molecular weight is 262 g/mol. The van der Waals surface area contributed by atoms with E-state index in [1.54, 1.807) is 31.4 Å². The van der Waals surface area contributed by atoms with Crippen molar-refractivity contribution in [2.45, 2.75) is 6.42 Å². The maximum atomic E-state index is 11.8. The lowest BCUT2D eigenvalue weighted by atomic mass is 10.3. The van der Waals surface area contributed by atoms with Crippen molar-refractivity contribution in [2.75, 3.05) is 14.2 Å². The standard InChI is InChI=1S/C13H14N2O4/c1-18-11-5-3-10(4-6-11)15-12(16)7-9(14-15)8-13(17)19-2/h3-7,14H,8H2,1-2H3. The predicted octanol–water partition coefficient (Wildman–Crippen LogP) is 0.890. The van der Waals surface area contributed by atoms with Crippen LogP contribution < -0.4 is 10.3 Å². The van der Waals surface area contributed by atoms with E-state index in [0.29, 0.717) is 17.1 Å². The van der Waals surface area contributed by atoms with E-state index in [9.17, 15) is 9.59 Å². The van der Waals surface area contributed by atoms with Gasteiger partial charge >= 0.3 is 5.97 Å².